The molecular formula is C16H17BrClNO. The molecule has 0 aliphatic carbocycles. The van der Waals surface area contributed by atoms with E-state index in [0.29, 0.717) is 0 Å². The van der Waals surface area contributed by atoms with E-state index in [-0.39, 0.29) is 6.04 Å². The Balaban J connectivity index is 2.21. The predicted octanol–water partition coefficient (Wildman–Crippen LogP) is 5.67. The molecule has 0 spiro atoms. The van der Waals surface area contributed by atoms with E-state index in [0.717, 1.165) is 27.4 Å². The van der Waals surface area contributed by atoms with Crippen LogP contribution in [0.3, 0.4) is 0 Å². The maximum absolute atomic E-state index is 5.94. The standard InChI is InChI=1S/C16H17BrClNO/c1-3-16(11-4-6-13(18)7-5-11)19-14-8-12(17)9-15(10-14)20-2/h4-10,16,19H,3H2,1-2H3. The summed E-state index contributed by atoms with van der Waals surface area (Å²) in [5.41, 5.74) is 2.24. The topological polar surface area (TPSA) is 21.3 Å². The zero-order valence-electron chi connectivity index (χ0n) is 11.5. The highest BCUT2D eigenvalue weighted by Gasteiger charge is 2.10. The van der Waals surface area contributed by atoms with Crippen molar-refractivity contribution < 1.29 is 4.74 Å². The normalized spacial score (nSPS) is 12.0. The molecule has 106 valence electrons. The molecule has 0 aromatic heterocycles. The third-order valence-electron chi connectivity index (χ3n) is 3.13. The quantitative estimate of drug-likeness (QED) is 0.746. The Hall–Kier alpha value is -1.19. The monoisotopic (exact) mass is 353 g/mol. The van der Waals surface area contributed by atoms with Crippen molar-refractivity contribution in [1.29, 1.82) is 0 Å². The molecule has 0 saturated heterocycles. The van der Waals surface area contributed by atoms with Gasteiger partial charge in [-0.15, -0.1) is 0 Å². The van der Waals surface area contributed by atoms with Gasteiger partial charge >= 0.3 is 0 Å². The van der Waals surface area contributed by atoms with Crippen LogP contribution in [0.15, 0.2) is 46.9 Å². The van der Waals surface area contributed by atoms with Crippen molar-refractivity contribution in [3.8, 4) is 5.75 Å². The van der Waals surface area contributed by atoms with Gasteiger partial charge in [0.05, 0.1) is 13.2 Å². The fourth-order valence-corrected chi connectivity index (χ4v) is 2.68. The average Bonchev–Trinajstić information content (AvgIpc) is 2.45. The Bertz CT molecular complexity index is 571. The van der Waals surface area contributed by atoms with Crippen molar-refractivity contribution in [2.45, 2.75) is 19.4 Å². The van der Waals surface area contributed by atoms with E-state index in [9.17, 15) is 0 Å². The summed E-state index contributed by atoms with van der Waals surface area (Å²) in [5, 5.41) is 4.28. The minimum atomic E-state index is 0.242. The largest absolute Gasteiger partial charge is 0.497 e. The molecule has 0 aliphatic heterocycles. The van der Waals surface area contributed by atoms with Gasteiger partial charge in [-0.05, 0) is 36.2 Å². The van der Waals surface area contributed by atoms with Crippen molar-refractivity contribution in [3.63, 3.8) is 0 Å². The molecule has 20 heavy (non-hydrogen) atoms. The summed E-state index contributed by atoms with van der Waals surface area (Å²) in [6.07, 6.45) is 0.983. The van der Waals surface area contributed by atoms with Crippen molar-refractivity contribution in [1.82, 2.24) is 0 Å². The molecule has 0 aliphatic rings. The zero-order chi connectivity index (χ0) is 14.5. The molecule has 2 aromatic carbocycles. The molecule has 0 radical (unpaired) electrons. The molecule has 1 atom stereocenters. The van der Waals surface area contributed by atoms with E-state index >= 15 is 0 Å². The number of anilines is 1. The van der Waals surface area contributed by atoms with Crippen LogP contribution in [-0.2, 0) is 0 Å². The summed E-state index contributed by atoms with van der Waals surface area (Å²) >= 11 is 9.43. The number of benzene rings is 2. The van der Waals surface area contributed by atoms with E-state index < -0.39 is 0 Å². The summed E-state index contributed by atoms with van der Waals surface area (Å²) in [6, 6.07) is 14.2. The van der Waals surface area contributed by atoms with Crippen LogP contribution in [0.5, 0.6) is 5.75 Å². The Morgan fingerprint density at radius 1 is 1.20 bits per heavy atom. The minimum Gasteiger partial charge on any atom is -0.497 e. The molecule has 0 bridgehead atoms. The lowest BCUT2D eigenvalue weighted by molar-refractivity contribution is 0.414. The SMILES string of the molecule is CCC(Nc1cc(Br)cc(OC)c1)c1ccc(Cl)cc1. The second kappa shape index (κ2) is 7.00. The number of hydrogen-bond acceptors (Lipinski definition) is 2. The lowest BCUT2D eigenvalue weighted by atomic mass is 10.0. The molecule has 4 heteroatoms. The molecule has 2 nitrogen and oxygen atoms in total. The Morgan fingerprint density at radius 3 is 2.50 bits per heavy atom. The van der Waals surface area contributed by atoms with Crippen LogP contribution in [0.25, 0.3) is 0 Å². The molecular weight excluding hydrogens is 338 g/mol. The van der Waals surface area contributed by atoms with Gasteiger partial charge in [0.2, 0.25) is 0 Å². The number of nitrogens with one attached hydrogen (secondary N) is 1. The third-order valence-corrected chi connectivity index (χ3v) is 3.84. The van der Waals surface area contributed by atoms with Crippen LogP contribution in [0.4, 0.5) is 5.69 Å². The highest BCUT2D eigenvalue weighted by atomic mass is 79.9. The van der Waals surface area contributed by atoms with E-state index in [1.54, 1.807) is 7.11 Å². The third kappa shape index (κ3) is 3.90. The molecule has 0 amide bonds. The van der Waals surface area contributed by atoms with Crippen LogP contribution < -0.4 is 10.1 Å². The van der Waals surface area contributed by atoms with Gasteiger partial charge in [0.25, 0.3) is 0 Å². The molecule has 2 aromatic rings. The Morgan fingerprint density at radius 2 is 1.90 bits per heavy atom. The van der Waals surface area contributed by atoms with Crippen molar-refractivity contribution in [3.05, 3.63) is 57.5 Å². The zero-order valence-corrected chi connectivity index (χ0v) is 13.8. The van der Waals surface area contributed by atoms with Crippen LogP contribution in [-0.4, -0.2) is 7.11 Å². The first-order valence-electron chi connectivity index (χ1n) is 6.49. The minimum absolute atomic E-state index is 0.242. The first-order valence-corrected chi connectivity index (χ1v) is 7.66. The van der Waals surface area contributed by atoms with E-state index in [1.165, 1.54) is 5.56 Å². The first-order chi connectivity index (χ1) is 9.62. The summed E-state index contributed by atoms with van der Waals surface area (Å²) < 4.78 is 6.28. The highest BCUT2D eigenvalue weighted by Crippen LogP contribution is 2.29. The average molecular weight is 355 g/mol. The second-order valence-corrected chi connectivity index (χ2v) is 5.89. The first kappa shape index (κ1) is 15.2. The Labute approximate surface area is 133 Å². The van der Waals surface area contributed by atoms with Crippen LogP contribution in [0.2, 0.25) is 5.02 Å². The fourth-order valence-electron chi connectivity index (χ4n) is 2.08. The lowest BCUT2D eigenvalue weighted by Gasteiger charge is -2.19. The summed E-state index contributed by atoms with van der Waals surface area (Å²) in [4.78, 5) is 0. The second-order valence-electron chi connectivity index (χ2n) is 4.54. The van der Waals surface area contributed by atoms with Crippen LogP contribution in [0, 0.1) is 0 Å². The van der Waals surface area contributed by atoms with Crippen molar-refractivity contribution in [2.75, 3.05) is 12.4 Å². The van der Waals surface area contributed by atoms with Gasteiger partial charge in [-0.25, -0.2) is 0 Å². The van der Waals surface area contributed by atoms with Crippen LogP contribution >= 0.6 is 27.5 Å². The predicted molar refractivity (Wildman–Crippen MR) is 88.8 cm³/mol. The number of halogens is 2. The van der Waals surface area contributed by atoms with Gasteiger partial charge in [0, 0.05) is 21.2 Å². The molecule has 1 unspecified atom stereocenters. The van der Waals surface area contributed by atoms with Crippen LogP contribution in [0.1, 0.15) is 24.9 Å². The molecule has 0 fully saturated rings. The van der Waals surface area contributed by atoms with Gasteiger partial charge in [-0.2, -0.15) is 0 Å². The number of ether oxygens (including phenoxy) is 1. The number of rotatable bonds is 5. The summed E-state index contributed by atoms with van der Waals surface area (Å²) in [7, 11) is 1.67. The highest BCUT2D eigenvalue weighted by molar-refractivity contribution is 9.10. The van der Waals surface area contributed by atoms with Crippen molar-refractivity contribution in [2.24, 2.45) is 0 Å². The fraction of sp³-hybridized carbons (Fsp3) is 0.250. The van der Waals surface area contributed by atoms with Gasteiger partial charge in [0.1, 0.15) is 5.75 Å². The van der Waals surface area contributed by atoms with Gasteiger partial charge in [-0.3, -0.25) is 0 Å². The maximum atomic E-state index is 5.94. The van der Waals surface area contributed by atoms with Gasteiger partial charge in [0.15, 0.2) is 0 Å². The van der Waals surface area contributed by atoms with E-state index in [1.807, 2.05) is 30.3 Å². The van der Waals surface area contributed by atoms with E-state index in [2.05, 4.69) is 40.3 Å². The summed E-state index contributed by atoms with van der Waals surface area (Å²) in [5.74, 6) is 0.827. The smallest absolute Gasteiger partial charge is 0.122 e. The van der Waals surface area contributed by atoms with E-state index in [4.69, 9.17) is 16.3 Å². The lowest BCUT2D eigenvalue weighted by Crippen LogP contribution is -2.09. The maximum Gasteiger partial charge on any atom is 0.122 e. The van der Waals surface area contributed by atoms with Gasteiger partial charge < -0.3 is 10.1 Å². The van der Waals surface area contributed by atoms with Gasteiger partial charge in [-0.1, -0.05) is 46.6 Å². The Kier molecular flexibility index (Phi) is 5.32. The molecule has 2 rings (SSSR count). The molecule has 1 N–H and O–H groups in total. The van der Waals surface area contributed by atoms with Crippen molar-refractivity contribution >= 4 is 33.2 Å². The number of methoxy groups -OCH3 is 1. The number of hydrogen-bond donors (Lipinski definition) is 1. The summed E-state index contributed by atoms with van der Waals surface area (Å²) in [6.45, 7) is 2.15. The molecule has 0 saturated carbocycles. The molecule has 0 heterocycles.